The highest BCUT2D eigenvalue weighted by molar-refractivity contribution is 5.72. The van der Waals surface area contributed by atoms with Crippen LogP contribution in [-0.4, -0.2) is 16.9 Å². The van der Waals surface area contributed by atoms with Gasteiger partial charge in [0.2, 0.25) is 0 Å². The molecule has 0 spiro atoms. The van der Waals surface area contributed by atoms with Gasteiger partial charge in [-0.05, 0) is 42.0 Å². The van der Waals surface area contributed by atoms with Crippen LogP contribution in [0.4, 0.5) is 0 Å². The van der Waals surface area contributed by atoms with E-state index in [0.29, 0.717) is 0 Å². The number of methoxy groups -OCH3 is 1. The summed E-state index contributed by atoms with van der Waals surface area (Å²) in [7, 11) is 1.67. The van der Waals surface area contributed by atoms with Crippen molar-refractivity contribution in [2.24, 2.45) is 0 Å². The summed E-state index contributed by atoms with van der Waals surface area (Å²) in [6.45, 7) is 0. The Labute approximate surface area is 159 Å². The van der Waals surface area contributed by atoms with Crippen molar-refractivity contribution in [3.8, 4) is 22.7 Å². The number of ether oxygens (including phenoxy) is 1. The molecule has 3 nitrogen and oxygen atoms in total. The SMILES string of the molecule is COc1ccc(-n2nc(C=Cc3ccccc3)cc2-c2ccccc2)cc1. The molecule has 1 heterocycles. The molecule has 4 aromatic rings. The molecule has 3 aromatic carbocycles. The van der Waals surface area contributed by atoms with Crippen LogP contribution >= 0.6 is 0 Å². The van der Waals surface area contributed by atoms with E-state index in [1.165, 1.54) is 0 Å². The Hall–Kier alpha value is -3.59. The number of hydrogen-bond donors (Lipinski definition) is 0. The lowest BCUT2D eigenvalue weighted by atomic mass is 10.1. The van der Waals surface area contributed by atoms with Crippen molar-refractivity contribution in [2.75, 3.05) is 7.11 Å². The van der Waals surface area contributed by atoms with E-state index in [-0.39, 0.29) is 0 Å². The Morgan fingerprint density at radius 2 is 1.44 bits per heavy atom. The second kappa shape index (κ2) is 7.75. The molecule has 0 unspecified atom stereocenters. The van der Waals surface area contributed by atoms with E-state index in [4.69, 9.17) is 9.84 Å². The van der Waals surface area contributed by atoms with Crippen molar-refractivity contribution in [1.82, 2.24) is 9.78 Å². The molecule has 0 aliphatic carbocycles. The van der Waals surface area contributed by atoms with Crippen molar-refractivity contribution >= 4 is 12.2 Å². The summed E-state index contributed by atoms with van der Waals surface area (Å²) in [5.74, 6) is 0.830. The third-order valence-corrected chi connectivity index (χ3v) is 4.36. The molecule has 132 valence electrons. The highest BCUT2D eigenvalue weighted by Gasteiger charge is 2.10. The number of benzene rings is 3. The summed E-state index contributed by atoms with van der Waals surface area (Å²) in [5, 5.41) is 4.82. The molecule has 0 saturated heterocycles. The molecule has 27 heavy (non-hydrogen) atoms. The van der Waals surface area contributed by atoms with Crippen LogP contribution in [0.1, 0.15) is 11.3 Å². The average Bonchev–Trinajstić information content (AvgIpc) is 3.18. The van der Waals surface area contributed by atoms with Crippen LogP contribution in [0, 0.1) is 0 Å². The average molecular weight is 352 g/mol. The first-order chi connectivity index (χ1) is 13.3. The molecule has 1 aromatic heterocycles. The molecule has 0 fully saturated rings. The predicted molar refractivity (Wildman–Crippen MR) is 111 cm³/mol. The van der Waals surface area contributed by atoms with Crippen LogP contribution < -0.4 is 4.74 Å². The number of nitrogens with zero attached hydrogens (tertiary/aromatic N) is 2. The highest BCUT2D eigenvalue weighted by atomic mass is 16.5. The fourth-order valence-corrected chi connectivity index (χ4v) is 2.96. The van der Waals surface area contributed by atoms with Gasteiger partial charge in [-0.3, -0.25) is 0 Å². The van der Waals surface area contributed by atoms with Crippen LogP contribution in [0.2, 0.25) is 0 Å². The second-order valence-electron chi connectivity index (χ2n) is 6.17. The van der Waals surface area contributed by atoms with Gasteiger partial charge < -0.3 is 4.74 Å². The second-order valence-corrected chi connectivity index (χ2v) is 6.17. The maximum Gasteiger partial charge on any atom is 0.119 e. The summed E-state index contributed by atoms with van der Waals surface area (Å²) in [4.78, 5) is 0. The van der Waals surface area contributed by atoms with Gasteiger partial charge in [-0.15, -0.1) is 0 Å². The van der Waals surface area contributed by atoms with Gasteiger partial charge in [-0.25, -0.2) is 4.68 Å². The third-order valence-electron chi connectivity index (χ3n) is 4.36. The van der Waals surface area contributed by atoms with Crippen molar-refractivity contribution in [3.63, 3.8) is 0 Å². The van der Waals surface area contributed by atoms with E-state index in [2.05, 4.69) is 36.4 Å². The Morgan fingerprint density at radius 3 is 2.11 bits per heavy atom. The number of aromatic nitrogens is 2. The summed E-state index contributed by atoms with van der Waals surface area (Å²) >= 11 is 0. The van der Waals surface area contributed by atoms with Crippen LogP contribution in [0.5, 0.6) is 5.75 Å². The summed E-state index contributed by atoms with van der Waals surface area (Å²) in [6, 6.07) is 30.6. The topological polar surface area (TPSA) is 27.1 Å². The normalized spacial score (nSPS) is 11.0. The molecule has 0 bridgehead atoms. The Morgan fingerprint density at radius 1 is 0.778 bits per heavy atom. The Balaban J connectivity index is 1.76. The van der Waals surface area contributed by atoms with Crippen molar-refractivity contribution < 1.29 is 4.74 Å². The first kappa shape index (κ1) is 16.9. The lowest BCUT2D eigenvalue weighted by Crippen LogP contribution is -1.99. The standard InChI is InChI=1S/C24H20N2O/c1-27-23-16-14-22(15-17-23)26-24(20-10-6-3-7-11-20)18-21(25-26)13-12-19-8-4-2-5-9-19/h2-18H,1H3. The van der Waals surface area contributed by atoms with E-state index in [9.17, 15) is 0 Å². The zero-order valence-corrected chi connectivity index (χ0v) is 15.1. The smallest absolute Gasteiger partial charge is 0.119 e. The van der Waals surface area contributed by atoms with E-state index < -0.39 is 0 Å². The lowest BCUT2D eigenvalue weighted by molar-refractivity contribution is 0.414. The quantitative estimate of drug-likeness (QED) is 0.459. The highest BCUT2D eigenvalue weighted by Crippen LogP contribution is 2.25. The molecule has 0 aliphatic rings. The molecule has 3 heteroatoms. The largest absolute Gasteiger partial charge is 0.497 e. The van der Waals surface area contributed by atoms with Crippen molar-refractivity contribution in [1.29, 1.82) is 0 Å². The minimum Gasteiger partial charge on any atom is -0.497 e. The van der Waals surface area contributed by atoms with E-state index in [0.717, 1.165) is 34.0 Å². The molecular weight excluding hydrogens is 332 g/mol. The molecule has 0 aliphatic heterocycles. The molecule has 0 N–H and O–H groups in total. The first-order valence-corrected chi connectivity index (χ1v) is 8.86. The molecule has 0 atom stereocenters. The Bertz CT molecular complexity index is 1030. The van der Waals surface area contributed by atoms with E-state index in [1.807, 2.05) is 71.4 Å². The van der Waals surface area contributed by atoms with Crippen LogP contribution in [0.3, 0.4) is 0 Å². The van der Waals surface area contributed by atoms with Gasteiger partial charge in [0.1, 0.15) is 5.75 Å². The molecule has 0 saturated carbocycles. The zero-order valence-electron chi connectivity index (χ0n) is 15.1. The van der Waals surface area contributed by atoms with Gasteiger partial charge in [0.15, 0.2) is 0 Å². The van der Waals surface area contributed by atoms with E-state index >= 15 is 0 Å². The van der Waals surface area contributed by atoms with Crippen molar-refractivity contribution in [2.45, 2.75) is 0 Å². The van der Waals surface area contributed by atoms with Gasteiger partial charge in [-0.1, -0.05) is 66.7 Å². The maximum atomic E-state index is 5.27. The van der Waals surface area contributed by atoms with Crippen LogP contribution in [0.25, 0.3) is 29.1 Å². The van der Waals surface area contributed by atoms with Gasteiger partial charge in [0.25, 0.3) is 0 Å². The van der Waals surface area contributed by atoms with Gasteiger partial charge in [-0.2, -0.15) is 5.10 Å². The third kappa shape index (κ3) is 3.82. The summed E-state index contributed by atoms with van der Waals surface area (Å²) < 4.78 is 7.24. The fraction of sp³-hybridized carbons (Fsp3) is 0.0417. The first-order valence-electron chi connectivity index (χ1n) is 8.86. The minimum absolute atomic E-state index is 0.830. The number of rotatable bonds is 5. The summed E-state index contributed by atoms with van der Waals surface area (Å²) in [5.41, 5.74) is 5.23. The van der Waals surface area contributed by atoms with Gasteiger partial charge in [0, 0.05) is 5.56 Å². The molecule has 4 rings (SSSR count). The molecule has 0 radical (unpaired) electrons. The lowest BCUT2D eigenvalue weighted by Gasteiger charge is -2.08. The van der Waals surface area contributed by atoms with E-state index in [1.54, 1.807) is 7.11 Å². The maximum absolute atomic E-state index is 5.27. The van der Waals surface area contributed by atoms with Crippen LogP contribution in [0.15, 0.2) is 91.0 Å². The zero-order chi connectivity index (χ0) is 18.5. The van der Waals surface area contributed by atoms with Gasteiger partial charge in [0.05, 0.1) is 24.2 Å². The van der Waals surface area contributed by atoms with Crippen molar-refractivity contribution in [3.05, 3.63) is 102 Å². The minimum atomic E-state index is 0.830. The molecule has 0 amide bonds. The fourth-order valence-electron chi connectivity index (χ4n) is 2.96. The molecular formula is C24H20N2O. The monoisotopic (exact) mass is 352 g/mol. The summed E-state index contributed by atoms with van der Waals surface area (Å²) in [6.07, 6.45) is 4.12. The Kier molecular flexibility index (Phi) is 4.84. The number of hydrogen-bond acceptors (Lipinski definition) is 2. The van der Waals surface area contributed by atoms with Crippen LogP contribution in [-0.2, 0) is 0 Å². The van der Waals surface area contributed by atoms with Gasteiger partial charge >= 0.3 is 0 Å². The predicted octanol–water partition coefficient (Wildman–Crippen LogP) is 5.72.